The second-order valence-corrected chi connectivity index (χ2v) is 14.5. The molecule has 0 saturated heterocycles. The van der Waals surface area contributed by atoms with E-state index in [9.17, 15) is 27.6 Å². The van der Waals surface area contributed by atoms with E-state index < -0.39 is 35.3 Å². The van der Waals surface area contributed by atoms with Crippen LogP contribution < -0.4 is 15.3 Å². The van der Waals surface area contributed by atoms with Crippen molar-refractivity contribution in [2.24, 2.45) is 10.2 Å². The zero-order chi connectivity index (χ0) is 28.9. The Morgan fingerprint density at radius 3 is 2.51 bits per heavy atom. The molecule has 2 atom stereocenters. The molecule has 2 aromatic rings. The van der Waals surface area contributed by atoms with Gasteiger partial charge in [0.1, 0.15) is 17.1 Å². The lowest BCUT2D eigenvalue weighted by Gasteiger charge is -2.35. The highest BCUT2D eigenvalue weighted by molar-refractivity contribution is 7.92. The second kappa shape index (κ2) is 10.2. The SMILES string of the molecule is CCO[P+]1(O)N=C(C2=C(O)[C@H](C(C)(C)C)N(Cc3ccc(F)c(C)c3)C2=O)Nc2ccc(NS(C)(=O)=O)cc21. The highest BCUT2D eigenvalue weighted by Gasteiger charge is 2.53. The average Bonchev–Trinajstić information content (AvgIpc) is 3.05. The molecule has 4 rings (SSSR count). The summed E-state index contributed by atoms with van der Waals surface area (Å²) in [4.78, 5) is 26.9. The van der Waals surface area contributed by atoms with Gasteiger partial charge in [0.05, 0.1) is 30.3 Å². The van der Waals surface area contributed by atoms with Gasteiger partial charge in [-0.25, -0.2) is 12.8 Å². The fourth-order valence-corrected chi connectivity index (χ4v) is 7.20. The van der Waals surface area contributed by atoms with Gasteiger partial charge >= 0.3 is 7.87 Å². The van der Waals surface area contributed by atoms with Crippen molar-refractivity contribution in [3.63, 3.8) is 0 Å². The molecule has 1 amide bonds. The molecule has 0 bridgehead atoms. The quantitative estimate of drug-likeness (QED) is 0.363. The van der Waals surface area contributed by atoms with Gasteiger partial charge in [0.25, 0.3) is 5.91 Å². The molecule has 2 aliphatic heterocycles. The standard InChI is InChI=1S/C26H32FN4O6PS/c1-7-37-38(34)20-13-17(30-39(6,35)36)9-11-19(20)28-24(29-38)21-22(32)23(26(3,4)5)31(25(21)33)14-16-8-10-18(27)15(2)12-16/h8-13,23,30,34H,7,14H2,1-6H3,(H-,28,29,32,33)/p+1/t23-,38?/m1/s1. The van der Waals surface area contributed by atoms with Gasteiger partial charge in [0.2, 0.25) is 15.3 Å². The number of sulfonamides is 1. The smallest absolute Gasteiger partial charge is 0.432 e. The molecule has 39 heavy (non-hydrogen) atoms. The number of aliphatic hydroxyl groups excluding tert-OH is 1. The third kappa shape index (κ3) is 5.79. The normalized spacial score (nSPS) is 21.5. The number of hydrogen-bond donors (Lipinski definition) is 4. The monoisotopic (exact) mass is 579 g/mol. The minimum Gasteiger partial charge on any atom is -0.509 e. The summed E-state index contributed by atoms with van der Waals surface area (Å²) < 4.78 is 49.8. The van der Waals surface area contributed by atoms with Crippen LogP contribution in [0.4, 0.5) is 15.8 Å². The Labute approximate surface area is 228 Å². The summed E-state index contributed by atoms with van der Waals surface area (Å²) in [5, 5.41) is 14.7. The molecule has 10 nitrogen and oxygen atoms in total. The van der Waals surface area contributed by atoms with E-state index in [1.165, 1.54) is 23.1 Å². The number of amidine groups is 1. The number of amides is 1. The highest BCUT2D eigenvalue weighted by atomic mass is 32.2. The largest absolute Gasteiger partial charge is 0.509 e. The van der Waals surface area contributed by atoms with Crippen LogP contribution in [0, 0.1) is 18.2 Å². The number of nitrogens with one attached hydrogen (secondary N) is 2. The summed E-state index contributed by atoms with van der Waals surface area (Å²) in [7, 11) is -7.31. The number of carbonyl (C=O) groups is 1. The first-order valence-corrected chi connectivity index (χ1v) is 15.8. The fourth-order valence-electron chi connectivity index (χ4n) is 4.81. The summed E-state index contributed by atoms with van der Waals surface area (Å²) in [6, 6.07) is 8.34. The second-order valence-electron chi connectivity index (χ2n) is 10.7. The molecule has 0 aromatic heterocycles. The van der Waals surface area contributed by atoms with E-state index in [1.807, 2.05) is 20.8 Å². The van der Waals surface area contributed by atoms with E-state index in [2.05, 4.69) is 14.8 Å². The van der Waals surface area contributed by atoms with Crippen molar-refractivity contribution in [3.8, 4) is 0 Å². The van der Waals surface area contributed by atoms with Gasteiger partial charge in [-0.2, -0.15) is 9.42 Å². The van der Waals surface area contributed by atoms with E-state index in [4.69, 9.17) is 4.52 Å². The lowest BCUT2D eigenvalue weighted by Crippen LogP contribution is -2.43. The Kier molecular flexibility index (Phi) is 7.54. The fraction of sp³-hybridized carbons (Fsp3) is 0.385. The zero-order valence-corrected chi connectivity index (χ0v) is 24.3. The summed E-state index contributed by atoms with van der Waals surface area (Å²) in [5.74, 6) is -1.12. The van der Waals surface area contributed by atoms with E-state index in [0.29, 0.717) is 16.8 Å². The third-order valence-corrected chi connectivity index (χ3v) is 9.04. The van der Waals surface area contributed by atoms with Crippen molar-refractivity contribution < 1.29 is 32.1 Å². The number of anilines is 2. The Morgan fingerprint density at radius 2 is 1.92 bits per heavy atom. The van der Waals surface area contributed by atoms with Gasteiger partial charge in [-0.15, -0.1) is 0 Å². The van der Waals surface area contributed by atoms with Crippen molar-refractivity contribution in [1.29, 1.82) is 0 Å². The highest BCUT2D eigenvalue weighted by Crippen LogP contribution is 2.60. The lowest BCUT2D eigenvalue weighted by atomic mass is 9.85. The number of hydrogen-bond acceptors (Lipinski definition) is 8. The first-order chi connectivity index (χ1) is 18.0. The molecule has 210 valence electrons. The maximum absolute atomic E-state index is 13.9. The predicted octanol–water partition coefficient (Wildman–Crippen LogP) is 4.02. The number of halogens is 1. The van der Waals surface area contributed by atoms with Crippen molar-refractivity contribution in [2.75, 3.05) is 22.9 Å². The summed E-state index contributed by atoms with van der Waals surface area (Å²) >= 11 is 0. The van der Waals surface area contributed by atoms with E-state index in [1.54, 1.807) is 32.0 Å². The van der Waals surface area contributed by atoms with Crippen molar-refractivity contribution in [1.82, 2.24) is 4.90 Å². The Bertz CT molecular complexity index is 1500. The van der Waals surface area contributed by atoms with Crippen LogP contribution in [0.2, 0.25) is 0 Å². The van der Waals surface area contributed by atoms with Crippen LogP contribution in [0.1, 0.15) is 38.8 Å². The van der Waals surface area contributed by atoms with Crippen LogP contribution >= 0.6 is 7.87 Å². The molecule has 1 unspecified atom stereocenters. The lowest BCUT2D eigenvalue weighted by molar-refractivity contribution is -0.129. The molecule has 2 aliphatic rings. The van der Waals surface area contributed by atoms with Crippen LogP contribution in [0.3, 0.4) is 0 Å². The molecule has 2 heterocycles. The zero-order valence-electron chi connectivity index (χ0n) is 22.6. The number of nitrogens with zero attached hydrogens (tertiary/aromatic N) is 2. The molecule has 0 aliphatic carbocycles. The van der Waals surface area contributed by atoms with Gasteiger partial charge in [-0.3, -0.25) is 9.52 Å². The predicted molar refractivity (Wildman–Crippen MR) is 151 cm³/mol. The number of aliphatic hydroxyl groups is 1. The molecule has 0 saturated carbocycles. The molecule has 4 N–H and O–H groups in total. The van der Waals surface area contributed by atoms with Gasteiger partial charge in [-0.05, 0) is 53.4 Å². The molecule has 0 fully saturated rings. The molecule has 0 spiro atoms. The van der Waals surface area contributed by atoms with Crippen LogP contribution in [-0.4, -0.2) is 54.0 Å². The summed E-state index contributed by atoms with van der Waals surface area (Å²) in [6.45, 7) is 9.18. The third-order valence-electron chi connectivity index (χ3n) is 6.35. The maximum Gasteiger partial charge on any atom is 0.432 e. The molecule has 13 heteroatoms. The Hall–Kier alpha value is -3.05. The maximum atomic E-state index is 13.9. The van der Waals surface area contributed by atoms with Crippen LogP contribution in [-0.2, 0) is 25.9 Å². The van der Waals surface area contributed by atoms with Gasteiger partial charge in [-0.1, -0.05) is 32.9 Å². The van der Waals surface area contributed by atoms with Crippen LogP contribution in [0.25, 0.3) is 0 Å². The number of rotatable bonds is 7. The first-order valence-electron chi connectivity index (χ1n) is 12.3. The van der Waals surface area contributed by atoms with Gasteiger partial charge < -0.3 is 15.3 Å². The first kappa shape index (κ1) is 28.9. The summed E-state index contributed by atoms with van der Waals surface area (Å²) in [5.41, 5.74) is 1.02. The van der Waals surface area contributed by atoms with Gasteiger partial charge in [0, 0.05) is 12.6 Å². The topological polar surface area (TPSA) is 141 Å². The number of fused-ring (bicyclic) bond motifs is 1. The van der Waals surface area contributed by atoms with E-state index in [0.717, 1.165) is 6.26 Å². The summed E-state index contributed by atoms with van der Waals surface area (Å²) in [6.07, 6.45) is 1.01. The Morgan fingerprint density at radius 1 is 1.23 bits per heavy atom. The molecule has 0 radical (unpaired) electrons. The Balaban J connectivity index is 1.78. The van der Waals surface area contributed by atoms with Gasteiger partial charge in [0.15, 0.2) is 5.84 Å². The van der Waals surface area contributed by atoms with Crippen LogP contribution in [0.15, 0.2) is 52.5 Å². The van der Waals surface area contributed by atoms with Crippen molar-refractivity contribution >= 4 is 46.3 Å². The van der Waals surface area contributed by atoms with Crippen LogP contribution in [0.5, 0.6) is 0 Å². The van der Waals surface area contributed by atoms with Crippen molar-refractivity contribution in [2.45, 2.75) is 47.2 Å². The van der Waals surface area contributed by atoms with E-state index >= 15 is 0 Å². The molecule has 2 aromatic carbocycles. The number of benzene rings is 2. The molecular formula is C26H33FN4O6PS+. The number of carbonyl (C=O) groups excluding carboxylic acids is 1. The number of aryl methyl sites for hydroxylation is 1. The average molecular weight is 580 g/mol. The minimum atomic E-state index is -3.73. The molecular weight excluding hydrogens is 546 g/mol. The van der Waals surface area contributed by atoms with E-state index in [-0.39, 0.29) is 47.1 Å². The minimum absolute atomic E-state index is 0.0508. The van der Waals surface area contributed by atoms with Crippen molar-refractivity contribution in [3.05, 3.63) is 64.7 Å².